The van der Waals surface area contributed by atoms with Gasteiger partial charge in [-0.15, -0.1) is 0 Å². The molecule has 0 aromatic carbocycles. The van der Waals surface area contributed by atoms with Gasteiger partial charge in [-0.05, 0) is 0 Å². The second-order valence-corrected chi connectivity index (χ2v) is 0. The molecule has 0 spiro atoms. The summed E-state index contributed by atoms with van der Waals surface area (Å²) < 4.78 is 0. The molecular formula is H4LiS2Ti. The molecule has 0 atom stereocenters. The van der Waals surface area contributed by atoms with Gasteiger partial charge in [0.25, 0.3) is 0 Å². The molecule has 0 saturated heterocycles. The summed E-state index contributed by atoms with van der Waals surface area (Å²) in [5.41, 5.74) is 0. The molecule has 0 aromatic rings. The Kier molecular flexibility index (Phi) is 186. The van der Waals surface area contributed by atoms with E-state index < -0.39 is 0 Å². The maximum absolute atomic E-state index is 0. The molecule has 21 valence electrons. The fraction of sp³-hybridized carbons (Fsp3) is 0. The Morgan fingerprint density at radius 1 is 0.750 bits per heavy atom. The molecule has 4 heteroatoms. The third kappa shape index (κ3) is 8.99. The van der Waals surface area contributed by atoms with Gasteiger partial charge >= 0.3 is 0 Å². The minimum atomic E-state index is 0. The zero-order valence-electron chi connectivity index (χ0n) is 2.50. The molecule has 0 aromatic heterocycles. The molecule has 0 amide bonds. The van der Waals surface area contributed by atoms with Crippen molar-refractivity contribution in [2.45, 2.75) is 0 Å². The van der Waals surface area contributed by atoms with Crippen molar-refractivity contribution in [2.75, 3.05) is 0 Å². The Hall–Kier alpha value is 2.01. The summed E-state index contributed by atoms with van der Waals surface area (Å²) in [6, 6.07) is 0. The summed E-state index contributed by atoms with van der Waals surface area (Å²) in [4.78, 5) is 0. The summed E-state index contributed by atoms with van der Waals surface area (Å²) in [7, 11) is 0. The van der Waals surface area contributed by atoms with Gasteiger partial charge < -0.3 is 0 Å². The van der Waals surface area contributed by atoms with Gasteiger partial charge in [-0.1, -0.05) is 0 Å². The van der Waals surface area contributed by atoms with Gasteiger partial charge in [0.1, 0.15) is 0 Å². The van der Waals surface area contributed by atoms with E-state index in [1.54, 1.807) is 0 Å². The molecule has 0 saturated carbocycles. The Morgan fingerprint density at radius 2 is 0.750 bits per heavy atom. The summed E-state index contributed by atoms with van der Waals surface area (Å²) in [6.45, 7) is 0. The smallest absolute Gasteiger partial charge is 0 e. The van der Waals surface area contributed by atoms with Gasteiger partial charge in [0, 0.05) is 40.6 Å². The van der Waals surface area contributed by atoms with Gasteiger partial charge in [0.2, 0.25) is 0 Å². The predicted molar refractivity (Wildman–Crippen MR) is 26.5 cm³/mol. The van der Waals surface area contributed by atoms with E-state index in [9.17, 15) is 0 Å². The van der Waals surface area contributed by atoms with E-state index in [0.29, 0.717) is 0 Å². The number of hydrogen-bond acceptors (Lipinski definition) is 0. The zero-order chi connectivity index (χ0) is 0. The van der Waals surface area contributed by atoms with Crippen molar-refractivity contribution in [3.63, 3.8) is 0 Å². The zero-order valence-corrected chi connectivity index (χ0v) is 6.06. The summed E-state index contributed by atoms with van der Waals surface area (Å²) in [6.07, 6.45) is 0. The predicted octanol–water partition coefficient (Wildman–Crippen LogP) is -0.158. The van der Waals surface area contributed by atoms with E-state index in [1.165, 1.54) is 0 Å². The van der Waals surface area contributed by atoms with Crippen LogP contribution in [-0.4, -0.2) is 18.9 Å². The van der Waals surface area contributed by atoms with Gasteiger partial charge in [0.05, 0.1) is 0 Å². The first-order valence-electron chi connectivity index (χ1n) is 0. The van der Waals surface area contributed by atoms with Crippen LogP contribution >= 0.6 is 27.0 Å². The van der Waals surface area contributed by atoms with Crippen molar-refractivity contribution >= 4 is 45.9 Å². The standard InChI is InChI=1S/Li.2H2S.Ti/h;2*1H2;. The molecule has 4 heavy (non-hydrogen) atoms. The van der Waals surface area contributed by atoms with E-state index in [-0.39, 0.29) is 67.6 Å². The fourth-order valence-corrected chi connectivity index (χ4v) is 0. The molecule has 0 aliphatic heterocycles. The van der Waals surface area contributed by atoms with Crippen LogP contribution in [0, 0.1) is 0 Å². The van der Waals surface area contributed by atoms with Crippen LogP contribution in [0.15, 0.2) is 0 Å². The van der Waals surface area contributed by atoms with Crippen molar-refractivity contribution in [3.05, 3.63) is 0 Å². The Bertz CT molecular complexity index is 6.00. The monoisotopic (exact) mass is 123 g/mol. The SMILES string of the molecule is S.S.[Li].[Ti]. The third-order valence-corrected chi connectivity index (χ3v) is 0. The average Bonchev–Trinajstić information content (AvgIpc) is 0. The molecule has 0 aliphatic rings. The van der Waals surface area contributed by atoms with Crippen molar-refractivity contribution in [1.82, 2.24) is 0 Å². The summed E-state index contributed by atoms with van der Waals surface area (Å²) in [5.74, 6) is 0. The molecule has 0 rings (SSSR count). The maximum Gasteiger partial charge on any atom is 0 e. The van der Waals surface area contributed by atoms with Crippen LogP contribution < -0.4 is 0 Å². The molecule has 0 aliphatic carbocycles. The van der Waals surface area contributed by atoms with Crippen LogP contribution in [0.5, 0.6) is 0 Å². The molecule has 0 bridgehead atoms. The van der Waals surface area contributed by atoms with E-state index in [2.05, 4.69) is 0 Å². The van der Waals surface area contributed by atoms with Crippen LogP contribution in [0.2, 0.25) is 0 Å². The van der Waals surface area contributed by atoms with Crippen LogP contribution in [0.3, 0.4) is 0 Å². The van der Waals surface area contributed by atoms with Gasteiger partial charge in [0.15, 0.2) is 0 Å². The van der Waals surface area contributed by atoms with Crippen molar-refractivity contribution in [2.24, 2.45) is 0 Å². The first-order valence-corrected chi connectivity index (χ1v) is 0. The van der Waals surface area contributed by atoms with Crippen molar-refractivity contribution < 1.29 is 21.7 Å². The Balaban J connectivity index is 0. The van der Waals surface area contributed by atoms with E-state index in [0.717, 1.165) is 0 Å². The molecule has 0 N–H and O–H groups in total. The second-order valence-electron chi connectivity index (χ2n) is 0. The average molecular weight is 123 g/mol. The van der Waals surface area contributed by atoms with Crippen LogP contribution in [0.1, 0.15) is 0 Å². The topological polar surface area (TPSA) is 0 Å². The quantitative estimate of drug-likeness (QED) is 0.392. The van der Waals surface area contributed by atoms with Crippen LogP contribution in [0.4, 0.5) is 0 Å². The number of hydrogen-bond donors (Lipinski definition) is 0. The molecular weight excluding hydrogens is 119 g/mol. The van der Waals surface area contributed by atoms with E-state index >= 15 is 0 Å². The summed E-state index contributed by atoms with van der Waals surface area (Å²) >= 11 is 0. The minimum absolute atomic E-state index is 0. The fourth-order valence-electron chi connectivity index (χ4n) is 0. The van der Waals surface area contributed by atoms with E-state index in [4.69, 9.17) is 0 Å². The Labute approximate surface area is 67.1 Å². The number of rotatable bonds is 0. The Morgan fingerprint density at radius 3 is 0.750 bits per heavy atom. The molecule has 0 heterocycles. The second kappa shape index (κ2) is 19.9. The third-order valence-electron chi connectivity index (χ3n) is 0. The molecule has 1 radical (unpaired) electrons. The maximum atomic E-state index is 0. The molecule has 0 fully saturated rings. The molecule has 0 unspecified atom stereocenters. The normalized spacial score (nSPS) is 0. The van der Waals surface area contributed by atoms with Crippen molar-refractivity contribution in [1.29, 1.82) is 0 Å². The first kappa shape index (κ1) is 37.3. The van der Waals surface area contributed by atoms with Gasteiger partial charge in [-0.25, -0.2) is 0 Å². The molecule has 0 nitrogen and oxygen atoms in total. The van der Waals surface area contributed by atoms with Crippen molar-refractivity contribution in [3.8, 4) is 0 Å². The van der Waals surface area contributed by atoms with Crippen LogP contribution in [0.25, 0.3) is 0 Å². The summed E-state index contributed by atoms with van der Waals surface area (Å²) in [5, 5.41) is 0. The minimum Gasteiger partial charge on any atom is -0.197 e. The van der Waals surface area contributed by atoms with Gasteiger partial charge in [-0.3, -0.25) is 0 Å². The largest absolute Gasteiger partial charge is 0.197 e. The first-order chi connectivity index (χ1) is 0. The van der Waals surface area contributed by atoms with Gasteiger partial charge in [-0.2, -0.15) is 27.0 Å². The van der Waals surface area contributed by atoms with E-state index in [1.807, 2.05) is 0 Å². The van der Waals surface area contributed by atoms with Crippen LogP contribution in [-0.2, 0) is 21.7 Å².